The predicted molar refractivity (Wildman–Crippen MR) is 117 cm³/mol. The Balaban J connectivity index is 1.92. The molecule has 5 nitrogen and oxygen atoms in total. The second-order valence-electron chi connectivity index (χ2n) is 7.63. The summed E-state index contributed by atoms with van der Waals surface area (Å²) in [6.45, 7) is 4.70. The molecule has 160 valence electrons. The van der Waals surface area contributed by atoms with Gasteiger partial charge in [0.05, 0.1) is 10.6 Å². The number of fused-ring (bicyclic) bond motifs is 1. The SMILES string of the molecule is CC(C)CCNC(=O)Cn1cc(S(=O)(=O)Cc2c(F)cccc2Cl)c2ccccc21. The molecule has 2 aromatic carbocycles. The molecule has 0 spiro atoms. The highest BCUT2D eigenvalue weighted by Crippen LogP contribution is 2.30. The van der Waals surface area contributed by atoms with Crippen LogP contribution in [0, 0.1) is 11.7 Å². The van der Waals surface area contributed by atoms with Crippen molar-refractivity contribution in [3.05, 3.63) is 65.1 Å². The zero-order valence-electron chi connectivity index (χ0n) is 16.9. The van der Waals surface area contributed by atoms with Crippen LogP contribution in [0.25, 0.3) is 10.9 Å². The molecular formula is C22H24ClFN2O3S. The number of benzene rings is 2. The van der Waals surface area contributed by atoms with Gasteiger partial charge in [-0.05, 0) is 30.5 Å². The van der Waals surface area contributed by atoms with E-state index in [9.17, 15) is 17.6 Å². The van der Waals surface area contributed by atoms with Crippen LogP contribution in [0.15, 0.2) is 53.6 Å². The molecule has 8 heteroatoms. The molecule has 0 unspecified atom stereocenters. The first-order valence-electron chi connectivity index (χ1n) is 9.69. The lowest BCUT2D eigenvalue weighted by molar-refractivity contribution is -0.121. The summed E-state index contributed by atoms with van der Waals surface area (Å²) in [7, 11) is -3.91. The van der Waals surface area contributed by atoms with Crippen molar-refractivity contribution in [2.45, 2.75) is 37.5 Å². The van der Waals surface area contributed by atoms with E-state index in [0.717, 1.165) is 6.42 Å². The maximum Gasteiger partial charge on any atom is 0.239 e. The summed E-state index contributed by atoms with van der Waals surface area (Å²) in [4.78, 5) is 12.4. The molecule has 0 radical (unpaired) electrons. The van der Waals surface area contributed by atoms with Gasteiger partial charge >= 0.3 is 0 Å². The summed E-state index contributed by atoms with van der Waals surface area (Å²) in [6.07, 6.45) is 2.30. The number of carbonyl (C=O) groups is 1. The normalized spacial score (nSPS) is 11.9. The molecule has 1 N–H and O–H groups in total. The van der Waals surface area contributed by atoms with Crippen molar-refractivity contribution in [1.82, 2.24) is 9.88 Å². The smallest absolute Gasteiger partial charge is 0.239 e. The number of carbonyl (C=O) groups excluding carboxylic acids is 1. The van der Waals surface area contributed by atoms with Crippen molar-refractivity contribution in [3.63, 3.8) is 0 Å². The number of rotatable bonds is 8. The van der Waals surface area contributed by atoms with Gasteiger partial charge in [-0.15, -0.1) is 0 Å². The van der Waals surface area contributed by atoms with E-state index in [0.29, 0.717) is 23.4 Å². The van der Waals surface area contributed by atoms with Crippen molar-refractivity contribution in [1.29, 1.82) is 0 Å². The fraction of sp³-hybridized carbons (Fsp3) is 0.318. The van der Waals surface area contributed by atoms with Crippen LogP contribution in [-0.4, -0.2) is 25.4 Å². The van der Waals surface area contributed by atoms with Crippen LogP contribution < -0.4 is 5.32 Å². The molecule has 1 amide bonds. The number of amides is 1. The fourth-order valence-electron chi connectivity index (χ4n) is 3.24. The Morgan fingerprint density at radius 2 is 1.90 bits per heavy atom. The Hall–Kier alpha value is -2.38. The van der Waals surface area contributed by atoms with Crippen LogP contribution in [0.3, 0.4) is 0 Å². The van der Waals surface area contributed by atoms with Gasteiger partial charge in [-0.2, -0.15) is 0 Å². The van der Waals surface area contributed by atoms with Gasteiger partial charge in [-0.1, -0.05) is 49.7 Å². The number of aromatic nitrogens is 1. The van der Waals surface area contributed by atoms with Crippen molar-refractivity contribution >= 4 is 38.2 Å². The minimum absolute atomic E-state index is 0.00537. The second kappa shape index (κ2) is 9.18. The Morgan fingerprint density at radius 3 is 2.60 bits per heavy atom. The van der Waals surface area contributed by atoms with Crippen LogP contribution in [0.1, 0.15) is 25.8 Å². The zero-order chi connectivity index (χ0) is 21.9. The Bertz CT molecular complexity index is 1150. The molecule has 0 saturated carbocycles. The topological polar surface area (TPSA) is 68.2 Å². The highest BCUT2D eigenvalue weighted by atomic mass is 35.5. The van der Waals surface area contributed by atoms with Gasteiger partial charge in [0, 0.05) is 34.2 Å². The molecule has 0 aliphatic carbocycles. The van der Waals surface area contributed by atoms with E-state index in [1.54, 1.807) is 28.8 Å². The molecule has 0 aliphatic rings. The lowest BCUT2D eigenvalue weighted by Gasteiger charge is -2.08. The van der Waals surface area contributed by atoms with E-state index in [4.69, 9.17) is 11.6 Å². The van der Waals surface area contributed by atoms with Gasteiger partial charge in [-0.25, -0.2) is 12.8 Å². The average molecular weight is 451 g/mol. The zero-order valence-corrected chi connectivity index (χ0v) is 18.4. The lowest BCUT2D eigenvalue weighted by atomic mass is 10.1. The molecule has 0 saturated heterocycles. The summed E-state index contributed by atoms with van der Waals surface area (Å²) in [5.74, 6) is -0.955. The molecule has 0 bridgehead atoms. The van der Waals surface area contributed by atoms with E-state index in [2.05, 4.69) is 19.2 Å². The minimum Gasteiger partial charge on any atom is -0.355 e. The third-order valence-electron chi connectivity index (χ3n) is 4.84. The summed E-state index contributed by atoms with van der Waals surface area (Å²) in [6, 6.07) is 11.0. The molecule has 0 atom stereocenters. The van der Waals surface area contributed by atoms with Crippen LogP contribution >= 0.6 is 11.6 Å². The lowest BCUT2D eigenvalue weighted by Crippen LogP contribution is -2.28. The first-order valence-corrected chi connectivity index (χ1v) is 11.7. The van der Waals surface area contributed by atoms with Gasteiger partial charge in [0.15, 0.2) is 9.84 Å². The number of hydrogen-bond donors (Lipinski definition) is 1. The molecule has 3 aromatic rings. The minimum atomic E-state index is -3.91. The molecule has 3 rings (SSSR count). The first-order chi connectivity index (χ1) is 14.2. The van der Waals surface area contributed by atoms with Crippen LogP contribution in [-0.2, 0) is 26.9 Å². The maximum absolute atomic E-state index is 14.2. The predicted octanol–water partition coefficient (Wildman–Crippen LogP) is 4.57. The summed E-state index contributed by atoms with van der Waals surface area (Å²) >= 11 is 6.02. The van der Waals surface area contributed by atoms with E-state index in [-0.39, 0.29) is 27.9 Å². The van der Waals surface area contributed by atoms with Gasteiger partial charge in [0.1, 0.15) is 12.4 Å². The third kappa shape index (κ3) is 5.02. The van der Waals surface area contributed by atoms with Crippen LogP contribution in [0.5, 0.6) is 0 Å². The van der Waals surface area contributed by atoms with Gasteiger partial charge < -0.3 is 9.88 Å². The highest BCUT2D eigenvalue weighted by Gasteiger charge is 2.24. The van der Waals surface area contributed by atoms with E-state index in [1.165, 1.54) is 24.4 Å². The monoisotopic (exact) mass is 450 g/mol. The fourth-order valence-corrected chi connectivity index (χ4v) is 5.17. The molecular weight excluding hydrogens is 427 g/mol. The number of halogens is 2. The standard InChI is InChI=1S/C22H24ClFN2O3S/c1-15(2)10-11-25-22(27)13-26-12-21(16-6-3-4-9-20(16)26)30(28,29)14-17-18(23)7-5-8-19(17)24/h3-9,12,15H,10-11,13-14H2,1-2H3,(H,25,27). The summed E-state index contributed by atoms with van der Waals surface area (Å²) in [5, 5.41) is 3.40. The Labute approximate surface area is 180 Å². The van der Waals surface area contributed by atoms with Crippen molar-refractivity contribution in [3.8, 4) is 0 Å². The van der Waals surface area contributed by atoms with Gasteiger partial charge in [-0.3, -0.25) is 4.79 Å². The van der Waals surface area contributed by atoms with Crippen molar-refractivity contribution in [2.75, 3.05) is 6.54 Å². The Kier molecular flexibility index (Phi) is 6.83. The maximum atomic E-state index is 14.2. The van der Waals surface area contributed by atoms with Gasteiger partial charge in [0.2, 0.25) is 5.91 Å². The average Bonchev–Trinajstić information content (AvgIpc) is 3.04. The van der Waals surface area contributed by atoms with Crippen LogP contribution in [0.2, 0.25) is 5.02 Å². The second-order valence-corrected chi connectivity index (χ2v) is 10.00. The molecule has 30 heavy (non-hydrogen) atoms. The number of para-hydroxylation sites is 1. The first kappa shape index (κ1) is 22.3. The number of nitrogens with one attached hydrogen (secondary N) is 1. The van der Waals surface area contributed by atoms with Crippen LogP contribution in [0.4, 0.5) is 4.39 Å². The summed E-state index contributed by atoms with van der Waals surface area (Å²) < 4.78 is 42.0. The molecule has 1 heterocycles. The summed E-state index contributed by atoms with van der Waals surface area (Å²) in [5.41, 5.74) is 0.553. The molecule has 1 aromatic heterocycles. The van der Waals surface area contributed by atoms with Gasteiger partial charge in [0.25, 0.3) is 0 Å². The van der Waals surface area contributed by atoms with E-state index in [1.807, 2.05) is 0 Å². The number of nitrogens with zero attached hydrogens (tertiary/aromatic N) is 1. The van der Waals surface area contributed by atoms with Crippen molar-refractivity contribution in [2.24, 2.45) is 5.92 Å². The molecule has 0 aliphatic heterocycles. The highest BCUT2D eigenvalue weighted by molar-refractivity contribution is 7.90. The largest absolute Gasteiger partial charge is 0.355 e. The molecule has 0 fully saturated rings. The third-order valence-corrected chi connectivity index (χ3v) is 6.86. The van der Waals surface area contributed by atoms with Crippen molar-refractivity contribution < 1.29 is 17.6 Å². The Morgan fingerprint density at radius 1 is 1.17 bits per heavy atom. The number of hydrogen-bond acceptors (Lipinski definition) is 3. The van der Waals surface area contributed by atoms with E-state index < -0.39 is 21.4 Å². The number of sulfone groups is 1. The quantitative estimate of drug-likeness (QED) is 0.546. The van der Waals surface area contributed by atoms with E-state index >= 15 is 0 Å².